The second kappa shape index (κ2) is 8.34. The Morgan fingerprint density at radius 2 is 1.89 bits per heavy atom. The Balaban J connectivity index is 2.65. The number of aryl methyl sites for hydroxylation is 1. The van der Waals surface area contributed by atoms with Gasteiger partial charge >= 0.3 is 0 Å². The quantitative estimate of drug-likeness (QED) is 0.769. The minimum Gasteiger partial charge on any atom is -0.309 e. The monoisotopic (exact) mass is 262 g/mol. The lowest BCUT2D eigenvalue weighted by Gasteiger charge is -2.26. The third-order valence-corrected chi connectivity index (χ3v) is 3.60. The van der Waals surface area contributed by atoms with E-state index in [4.69, 9.17) is 0 Å². The second-order valence-electron chi connectivity index (χ2n) is 5.91. The molecule has 0 spiro atoms. The summed E-state index contributed by atoms with van der Waals surface area (Å²) in [6.07, 6.45) is 1.27. The summed E-state index contributed by atoms with van der Waals surface area (Å²) in [5, 5.41) is 3.62. The summed E-state index contributed by atoms with van der Waals surface area (Å²) >= 11 is 0. The number of hydrogen-bond acceptors (Lipinski definition) is 2. The topological polar surface area (TPSA) is 15.3 Å². The van der Waals surface area contributed by atoms with Crippen LogP contribution in [0.25, 0.3) is 0 Å². The highest BCUT2D eigenvalue weighted by Crippen LogP contribution is 2.18. The molecule has 1 aromatic carbocycles. The maximum atomic E-state index is 3.62. The molecule has 1 aromatic rings. The maximum absolute atomic E-state index is 3.62. The molecule has 0 bridgehead atoms. The van der Waals surface area contributed by atoms with Crippen LogP contribution in [0.15, 0.2) is 24.3 Å². The van der Waals surface area contributed by atoms with Gasteiger partial charge in [0.2, 0.25) is 0 Å². The highest BCUT2D eigenvalue weighted by Gasteiger charge is 2.14. The summed E-state index contributed by atoms with van der Waals surface area (Å²) in [6.45, 7) is 12.2. The van der Waals surface area contributed by atoms with Gasteiger partial charge in [-0.3, -0.25) is 0 Å². The SMILES string of the molecule is CCNC(CN(C)CCC(C)C)c1ccccc1C. The lowest BCUT2D eigenvalue weighted by Crippen LogP contribution is -2.34. The van der Waals surface area contributed by atoms with Gasteiger partial charge in [0.1, 0.15) is 0 Å². The minimum absolute atomic E-state index is 0.434. The van der Waals surface area contributed by atoms with E-state index in [9.17, 15) is 0 Å². The fourth-order valence-electron chi connectivity index (χ4n) is 2.38. The maximum Gasteiger partial charge on any atom is 0.0451 e. The molecule has 0 radical (unpaired) electrons. The highest BCUT2D eigenvalue weighted by molar-refractivity contribution is 5.29. The first-order chi connectivity index (χ1) is 9.04. The molecule has 0 aliphatic heterocycles. The van der Waals surface area contributed by atoms with Crippen molar-refractivity contribution >= 4 is 0 Å². The van der Waals surface area contributed by atoms with Crippen LogP contribution in [0.2, 0.25) is 0 Å². The van der Waals surface area contributed by atoms with Gasteiger partial charge < -0.3 is 10.2 Å². The molecular weight excluding hydrogens is 232 g/mol. The number of likely N-dealkylation sites (N-methyl/N-ethyl adjacent to an activating group) is 2. The van der Waals surface area contributed by atoms with Gasteiger partial charge in [0.05, 0.1) is 0 Å². The Hall–Kier alpha value is -0.860. The standard InChI is InChI=1S/C17H30N2/c1-6-18-17(13-19(5)12-11-14(2)3)16-10-8-7-9-15(16)4/h7-10,14,17-18H,6,11-13H2,1-5H3. The van der Waals surface area contributed by atoms with E-state index in [1.807, 2.05) is 0 Å². The lowest BCUT2D eigenvalue weighted by molar-refractivity contribution is 0.275. The molecule has 0 saturated heterocycles. The molecule has 2 heteroatoms. The van der Waals surface area contributed by atoms with E-state index in [0.717, 1.165) is 19.0 Å². The zero-order chi connectivity index (χ0) is 14.3. The van der Waals surface area contributed by atoms with E-state index in [0.29, 0.717) is 6.04 Å². The van der Waals surface area contributed by atoms with E-state index < -0.39 is 0 Å². The third kappa shape index (κ3) is 5.75. The van der Waals surface area contributed by atoms with Crippen LogP contribution in [0, 0.1) is 12.8 Å². The van der Waals surface area contributed by atoms with Crippen molar-refractivity contribution in [1.82, 2.24) is 10.2 Å². The van der Waals surface area contributed by atoms with Crippen LogP contribution >= 0.6 is 0 Å². The first-order valence-corrected chi connectivity index (χ1v) is 7.52. The van der Waals surface area contributed by atoms with Crippen molar-refractivity contribution in [3.8, 4) is 0 Å². The van der Waals surface area contributed by atoms with Gasteiger partial charge in [-0.2, -0.15) is 0 Å². The Bertz CT molecular complexity index is 360. The number of nitrogens with one attached hydrogen (secondary N) is 1. The molecule has 108 valence electrons. The van der Waals surface area contributed by atoms with Crippen LogP contribution < -0.4 is 5.32 Å². The van der Waals surface area contributed by atoms with E-state index in [1.54, 1.807) is 0 Å². The highest BCUT2D eigenvalue weighted by atomic mass is 15.1. The molecule has 0 aliphatic carbocycles. The van der Waals surface area contributed by atoms with Gasteiger partial charge in [0, 0.05) is 12.6 Å². The Morgan fingerprint density at radius 1 is 1.21 bits per heavy atom. The zero-order valence-electron chi connectivity index (χ0n) is 13.2. The van der Waals surface area contributed by atoms with Gasteiger partial charge in [-0.15, -0.1) is 0 Å². The average molecular weight is 262 g/mol. The van der Waals surface area contributed by atoms with E-state index in [2.05, 4.69) is 69.2 Å². The molecule has 19 heavy (non-hydrogen) atoms. The van der Waals surface area contributed by atoms with Gasteiger partial charge in [0.15, 0.2) is 0 Å². The summed E-state index contributed by atoms with van der Waals surface area (Å²) in [7, 11) is 2.23. The Morgan fingerprint density at radius 3 is 2.47 bits per heavy atom. The van der Waals surface area contributed by atoms with E-state index in [1.165, 1.54) is 24.1 Å². The number of hydrogen-bond donors (Lipinski definition) is 1. The molecule has 0 aromatic heterocycles. The van der Waals surface area contributed by atoms with Crippen molar-refractivity contribution in [2.45, 2.75) is 40.2 Å². The summed E-state index contributed by atoms with van der Waals surface area (Å²) in [5.41, 5.74) is 2.81. The molecule has 1 N–H and O–H groups in total. The summed E-state index contributed by atoms with van der Waals surface area (Å²) in [4.78, 5) is 2.44. The first-order valence-electron chi connectivity index (χ1n) is 7.52. The molecule has 1 unspecified atom stereocenters. The molecule has 0 saturated carbocycles. The van der Waals surface area contributed by atoms with Crippen LogP contribution in [0.3, 0.4) is 0 Å². The first kappa shape index (κ1) is 16.2. The molecule has 0 fully saturated rings. The lowest BCUT2D eigenvalue weighted by atomic mass is 10.0. The van der Waals surface area contributed by atoms with E-state index in [-0.39, 0.29) is 0 Å². The zero-order valence-corrected chi connectivity index (χ0v) is 13.2. The van der Waals surface area contributed by atoms with Crippen LogP contribution in [0.1, 0.15) is 44.4 Å². The van der Waals surface area contributed by atoms with Crippen molar-refractivity contribution in [1.29, 1.82) is 0 Å². The van der Waals surface area contributed by atoms with E-state index >= 15 is 0 Å². The molecule has 0 aliphatic rings. The Kier molecular flexibility index (Phi) is 7.11. The number of benzene rings is 1. The summed E-state index contributed by atoms with van der Waals surface area (Å²) in [5.74, 6) is 0.776. The summed E-state index contributed by atoms with van der Waals surface area (Å²) < 4.78 is 0. The molecule has 1 rings (SSSR count). The second-order valence-corrected chi connectivity index (χ2v) is 5.91. The average Bonchev–Trinajstić information content (AvgIpc) is 2.36. The van der Waals surface area contributed by atoms with Crippen LogP contribution in [-0.4, -0.2) is 31.6 Å². The third-order valence-electron chi connectivity index (χ3n) is 3.60. The van der Waals surface area contributed by atoms with Crippen molar-refractivity contribution in [3.05, 3.63) is 35.4 Å². The fraction of sp³-hybridized carbons (Fsp3) is 0.647. The molecule has 2 nitrogen and oxygen atoms in total. The van der Waals surface area contributed by atoms with Gasteiger partial charge in [-0.25, -0.2) is 0 Å². The smallest absolute Gasteiger partial charge is 0.0451 e. The normalized spacial score (nSPS) is 13.2. The van der Waals surface area contributed by atoms with Gasteiger partial charge in [-0.1, -0.05) is 45.0 Å². The van der Waals surface area contributed by atoms with Crippen LogP contribution in [-0.2, 0) is 0 Å². The molecule has 1 atom stereocenters. The molecule has 0 heterocycles. The number of nitrogens with zero attached hydrogens (tertiary/aromatic N) is 1. The van der Waals surface area contributed by atoms with Crippen molar-refractivity contribution in [2.24, 2.45) is 5.92 Å². The van der Waals surface area contributed by atoms with Gasteiger partial charge in [0.25, 0.3) is 0 Å². The largest absolute Gasteiger partial charge is 0.309 e. The van der Waals surface area contributed by atoms with Crippen molar-refractivity contribution < 1.29 is 0 Å². The predicted molar refractivity (Wildman–Crippen MR) is 84.5 cm³/mol. The van der Waals surface area contributed by atoms with Crippen LogP contribution in [0.4, 0.5) is 0 Å². The molecular formula is C17H30N2. The fourth-order valence-corrected chi connectivity index (χ4v) is 2.38. The predicted octanol–water partition coefficient (Wildman–Crippen LogP) is 3.62. The Labute approximate surface area is 119 Å². The number of rotatable bonds is 8. The van der Waals surface area contributed by atoms with Crippen LogP contribution in [0.5, 0.6) is 0 Å². The summed E-state index contributed by atoms with van der Waals surface area (Å²) in [6, 6.07) is 9.14. The minimum atomic E-state index is 0.434. The van der Waals surface area contributed by atoms with Crippen molar-refractivity contribution in [2.75, 3.05) is 26.7 Å². The van der Waals surface area contributed by atoms with Crippen molar-refractivity contribution in [3.63, 3.8) is 0 Å². The van der Waals surface area contributed by atoms with Gasteiger partial charge in [-0.05, 0) is 50.5 Å². The molecule has 0 amide bonds.